The largest absolute Gasteiger partial charge is 0.396 e. The molecular formula is C12H14N4O2S. The smallest absolute Gasteiger partial charge is 0.255 e. The first-order valence-electron chi connectivity index (χ1n) is 5.74. The number of aliphatic hydroxyl groups excluding tert-OH is 1. The molecule has 2 rings (SSSR count). The normalized spacial score (nSPS) is 11.1. The Balaban J connectivity index is 2.11. The zero-order chi connectivity index (χ0) is 13.7. The molecule has 0 aliphatic heterocycles. The van der Waals surface area contributed by atoms with Crippen molar-refractivity contribution in [2.24, 2.45) is 5.10 Å². The van der Waals surface area contributed by atoms with Gasteiger partial charge in [-0.2, -0.15) is 5.10 Å². The average Bonchev–Trinajstić information content (AvgIpc) is 2.87. The Labute approximate surface area is 113 Å². The van der Waals surface area contributed by atoms with Crippen molar-refractivity contribution >= 4 is 23.5 Å². The lowest BCUT2D eigenvalue weighted by Gasteiger charge is -2.04. The Hall–Kier alpha value is -1.99. The zero-order valence-corrected chi connectivity index (χ0v) is 11.2. The van der Waals surface area contributed by atoms with Gasteiger partial charge in [-0.05, 0) is 18.4 Å². The molecule has 6 nitrogen and oxygen atoms in total. The topological polar surface area (TPSA) is 90.4 Å². The Morgan fingerprint density at radius 3 is 3.11 bits per heavy atom. The third-order valence-electron chi connectivity index (χ3n) is 2.49. The van der Waals surface area contributed by atoms with Gasteiger partial charge in [0, 0.05) is 23.5 Å². The van der Waals surface area contributed by atoms with Crippen LogP contribution in [0.15, 0.2) is 27.4 Å². The lowest BCUT2D eigenvalue weighted by atomic mass is 10.2. The highest BCUT2D eigenvalue weighted by molar-refractivity contribution is 7.11. The number of H-pyrrole nitrogens is 1. The van der Waals surface area contributed by atoms with E-state index in [1.54, 1.807) is 24.5 Å². The van der Waals surface area contributed by atoms with Gasteiger partial charge < -0.3 is 5.11 Å². The fourth-order valence-corrected chi connectivity index (χ4v) is 2.18. The molecule has 2 aromatic rings. The molecule has 0 unspecified atom stereocenters. The molecule has 0 atom stereocenters. The second-order valence-corrected chi connectivity index (χ2v) is 4.82. The van der Waals surface area contributed by atoms with E-state index >= 15 is 0 Å². The maximum atomic E-state index is 11.7. The van der Waals surface area contributed by atoms with Crippen LogP contribution in [0.3, 0.4) is 0 Å². The van der Waals surface area contributed by atoms with Gasteiger partial charge in [0.25, 0.3) is 5.56 Å². The van der Waals surface area contributed by atoms with Crippen molar-refractivity contribution in [1.82, 2.24) is 9.97 Å². The number of aromatic nitrogens is 2. The number of nitrogens with zero attached hydrogens (tertiary/aromatic N) is 2. The third-order valence-corrected chi connectivity index (χ3v) is 3.30. The number of rotatable bonds is 5. The highest BCUT2D eigenvalue weighted by Crippen LogP contribution is 2.06. The van der Waals surface area contributed by atoms with E-state index in [0.717, 1.165) is 4.88 Å². The number of hydrogen-bond acceptors (Lipinski definition) is 6. The fourth-order valence-electron chi connectivity index (χ4n) is 1.59. The molecule has 0 aromatic carbocycles. The van der Waals surface area contributed by atoms with E-state index in [2.05, 4.69) is 20.5 Å². The first-order valence-corrected chi connectivity index (χ1v) is 6.62. The molecule has 0 radical (unpaired) electrons. The quantitative estimate of drug-likeness (QED) is 0.564. The van der Waals surface area contributed by atoms with E-state index in [1.807, 2.05) is 17.5 Å². The lowest BCUT2D eigenvalue weighted by Crippen LogP contribution is -2.19. The minimum Gasteiger partial charge on any atom is -0.396 e. The highest BCUT2D eigenvalue weighted by atomic mass is 32.1. The molecule has 0 spiro atoms. The van der Waals surface area contributed by atoms with Crippen molar-refractivity contribution in [3.05, 3.63) is 44.0 Å². The van der Waals surface area contributed by atoms with Crippen LogP contribution in [-0.4, -0.2) is 27.9 Å². The number of aliphatic hydroxyl groups is 1. The number of anilines is 1. The summed E-state index contributed by atoms with van der Waals surface area (Å²) in [5.41, 5.74) is 3.51. The Morgan fingerprint density at radius 1 is 1.63 bits per heavy atom. The van der Waals surface area contributed by atoms with Gasteiger partial charge in [-0.1, -0.05) is 6.07 Å². The van der Waals surface area contributed by atoms with Crippen LogP contribution in [0.2, 0.25) is 0 Å². The zero-order valence-electron chi connectivity index (χ0n) is 10.4. The number of hydrogen-bond donors (Lipinski definition) is 3. The van der Waals surface area contributed by atoms with Crippen LogP contribution in [-0.2, 0) is 6.42 Å². The average molecular weight is 278 g/mol. The predicted molar refractivity (Wildman–Crippen MR) is 75.9 cm³/mol. The van der Waals surface area contributed by atoms with Gasteiger partial charge in [-0.15, -0.1) is 11.3 Å². The molecule has 0 aliphatic carbocycles. The van der Waals surface area contributed by atoms with E-state index < -0.39 is 0 Å². The Bertz CT molecular complexity index is 619. The molecule has 7 heteroatoms. The first kappa shape index (κ1) is 13.4. The molecule has 0 saturated carbocycles. The lowest BCUT2D eigenvalue weighted by molar-refractivity contribution is 0.298. The predicted octanol–water partition coefficient (Wildman–Crippen LogP) is 1.12. The molecule has 0 fully saturated rings. The molecule has 2 aromatic heterocycles. The highest BCUT2D eigenvalue weighted by Gasteiger charge is 2.06. The van der Waals surface area contributed by atoms with Crippen LogP contribution in [0.1, 0.15) is 16.1 Å². The molecule has 0 bridgehead atoms. The number of hydrazone groups is 1. The van der Waals surface area contributed by atoms with E-state index in [1.165, 1.54) is 0 Å². The standard InChI is InChI=1S/C12H14N4O2S/c1-8-10(4-5-17)11(18)15-12(14-8)16-13-7-9-3-2-6-19-9/h2-3,6-7,17H,4-5H2,1H3,(H2,14,15,16,18)/b13-7-. The molecule has 0 aliphatic rings. The van der Waals surface area contributed by atoms with Crippen LogP contribution in [0.5, 0.6) is 0 Å². The van der Waals surface area contributed by atoms with Crippen molar-refractivity contribution in [2.45, 2.75) is 13.3 Å². The van der Waals surface area contributed by atoms with Gasteiger partial charge in [-0.3, -0.25) is 9.78 Å². The number of nitrogens with one attached hydrogen (secondary N) is 2. The van der Waals surface area contributed by atoms with Crippen molar-refractivity contribution in [3.8, 4) is 0 Å². The molecule has 0 amide bonds. The summed E-state index contributed by atoms with van der Waals surface area (Å²) in [6.45, 7) is 1.66. The molecular weight excluding hydrogens is 264 g/mol. The summed E-state index contributed by atoms with van der Waals surface area (Å²) in [5.74, 6) is 0.289. The van der Waals surface area contributed by atoms with Crippen molar-refractivity contribution in [3.63, 3.8) is 0 Å². The van der Waals surface area contributed by atoms with Crippen molar-refractivity contribution in [2.75, 3.05) is 12.0 Å². The molecule has 19 heavy (non-hydrogen) atoms. The maximum absolute atomic E-state index is 11.7. The summed E-state index contributed by atoms with van der Waals surface area (Å²) in [4.78, 5) is 19.5. The monoisotopic (exact) mass is 278 g/mol. The van der Waals surface area contributed by atoms with Gasteiger partial charge >= 0.3 is 0 Å². The van der Waals surface area contributed by atoms with Gasteiger partial charge in [0.15, 0.2) is 0 Å². The van der Waals surface area contributed by atoms with E-state index in [0.29, 0.717) is 17.7 Å². The Kier molecular flexibility index (Phi) is 4.43. The van der Waals surface area contributed by atoms with Gasteiger partial charge in [0.2, 0.25) is 5.95 Å². The van der Waals surface area contributed by atoms with E-state index in [4.69, 9.17) is 5.11 Å². The summed E-state index contributed by atoms with van der Waals surface area (Å²) in [6, 6.07) is 3.86. The number of aryl methyl sites for hydroxylation is 1. The van der Waals surface area contributed by atoms with Crippen LogP contribution in [0.4, 0.5) is 5.95 Å². The van der Waals surface area contributed by atoms with Crippen molar-refractivity contribution in [1.29, 1.82) is 0 Å². The second-order valence-electron chi connectivity index (χ2n) is 3.84. The number of aromatic amines is 1. The van der Waals surface area contributed by atoms with Crippen LogP contribution >= 0.6 is 11.3 Å². The molecule has 100 valence electrons. The van der Waals surface area contributed by atoms with Crippen LogP contribution < -0.4 is 11.0 Å². The Morgan fingerprint density at radius 2 is 2.47 bits per heavy atom. The SMILES string of the molecule is Cc1nc(N/N=C\c2cccs2)[nH]c(=O)c1CCO. The van der Waals surface area contributed by atoms with Gasteiger partial charge in [-0.25, -0.2) is 10.4 Å². The van der Waals surface area contributed by atoms with E-state index in [9.17, 15) is 4.79 Å². The van der Waals surface area contributed by atoms with Gasteiger partial charge in [0.05, 0.1) is 11.9 Å². The number of thiophene rings is 1. The van der Waals surface area contributed by atoms with Crippen LogP contribution in [0, 0.1) is 6.92 Å². The summed E-state index contributed by atoms with van der Waals surface area (Å²) < 4.78 is 0. The second kappa shape index (κ2) is 6.26. The summed E-state index contributed by atoms with van der Waals surface area (Å²) >= 11 is 1.56. The van der Waals surface area contributed by atoms with Gasteiger partial charge in [0.1, 0.15) is 0 Å². The summed E-state index contributed by atoms with van der Waals surface area (Å²) in [6.07, 6.45) is 1.95. The van der Waals surface area contributed by atoms with E-state index in [-0.39, 0.29) is 18.1 Å². The summed E-state index contributed by atoms with van der Waals surface area (Å²) in [5, 5.41) is 14.8. The molecule has 0 saturated heterocycles. The van der Waals surface area contributed by atoms with Crippen LogP contribution in [0.25, 0.3) is 0 Å². The van der Waals surface area contributed by atoms with Crippen molar-refractivity contribution < 1.29 is 5.11 Å². The molecule has 3 N–H and O–H groups in total. The molecule has 2 heterocycles. The minimum atomic E-state index is -0.254. The fraction of sp³-hybridized carbons (Fsp3) is 0.250. The first-order chi connectivity index (χ1) is 9.20. The minimum absolute atomic E-state index is 0.0745. The maximum Gasteiger partial charge on any atom is 0.255 e. The third kappa shape index (κ3) is 3.49. The summed E-state index contributed by atoms with van der Waals surface area (Å²) in [7, 11) is 0.